The molecule has 2 heterocycles. The predicted octanol–water partition coefficient (Wildman–Crippen LogP) is 2.60. The van der Waals surface area contributed by atoms with Gasteiger partial charge in [0.25, 0.3) is 5.91 Å². The number of nitrogens with two attached hydrogens (primary N) is 1. The summed E-state index contributed by atoms with van der Waals surface area (Å²) in [7, 11) is 0. The Morgan fingerprint density at radius 2 is 2.27 bits per heavy atom. The molecule has 0 spiro atoms. The summed E-state index contributed by atoms with van der Waals surface area (Å²) < 4.78 is 5.38. The van der Waals surface area contributed by atoms with Gasteiger partial charge in [-0.25, -0.2) is 0 Å². The molecule has 0 aliphatic heterocycles. The summed E-state index contributed by atoms with van der Waals surface area (Å²) in [4.78, 5) is 17.4. The number of carbonyl (C=O) groups excluding carboxylic acids is 1. The molecule has 0 radical (unpaired) electrons. The van der Waals surface area contributed by atoms with Gasteiger partial charge in [0.05, 0.1) is 10.4 Å². The Bertz CT molecular complexity index is 646. The molecule has 22 heavy (non-hydrogen) atoms. The van der Waals surface area contributed by atoms with E-state index in [1.54, 1.807) is 6.07 Å². The van der Waals surface area contributed by atoms with Crippen LogP contribution in [0.5, 0.6) is 0 Å². The standard InChI is InChI=1S/C15H20N4O2S/c1-9(2)11(17-12(20)10-5-3-8-22-10)13-18-14(19-21-13)15(16)6-4-7-15/h3,5,8-9,11H,4,6-7,16H2,1-2H3,(H,17,20). The van der Waals surface area contributed by atoms with Gasteiger partial charge in [0.2, 0.25) is 5.89 Å². The fourth-order valence-corrected chi connectivity index (χ4v) is 3.11. The van der Waals surface area contributed by atoms with Gasteiger partial charge in [-0.15, -0.1) is 11.3 Å². The third-order valence-electron chi connectivity index (χ3n) is 4.10. The molecule has 118 valence electrons. The van der Waals surface area contributed by atoms with E-state index >= 15 is 0 Å². The first-order valence-corrected chi connectivity index (χ1v) is 8.35. The maximum absolute atomic E-state index is 12.2. The van der Waals surface area contributed by atoms with Crippen LogP contribution in [0.25, 0.3) is 0 Å². The fourth-order valence-electron chi connectivity index (χ4n) is 2.48. The average molecular weight is 320 g/mol. The van der Waals surface area contributed by atoms with Crippen molar-refractivity contribution in [2.24, 2.45) is 11.7 Å². The number of nitrogens with one attached hydrogen (secondary N) is 1. The fraction of sp³-hybridized carbons (Fsp3) is 0.533. The van der Waals surface area contributed by atoms with Crippen LogP contribution in [0, 0.1) is 5.92 Å². The highest BCUT2D eigenvalue weighted by molar-refractivity contribution is 7.12. The molecule has 0 aromatic carbocycles. The molecule has 0 saturated heterocycles. The van der Waals surface area contributed by atoms with Crippen molar-refractivity contribution in [3.63, 3.8) is 0 Å². The Morgan fingerprint density at radius 1 is 1.50 bits per heavy atom. The molecular formula is C15H20N4O2S. The summed E-state index contributed by atoms with van der Waals surface area (Å²) in [6.45, 7) is 4.01. The van der Waals surface area contributed by atoms with Crippen molar-refractivity contribution in [2.45, 2.75) is 44.7 Å². The minimum atomic E-state index is -0.457. The number of thiophene rings is 1. The molecule has 1 aliphatic carbocycles. The molecule has 2 aromatic heterocycles. The lowest BCUT2D eigenvalue weighted by atomic mass is 9.77. The smallest absolute Gasteiger partial charge is 0.262 e. The quantitative estimate of drug-likeness (QED) is 0.883. The van der Waals surface area contributed by atoms with Gasteiger partial charge in [-0.1, -0.05) is 25.1 Å². The molecule has 1 unspecified atom stereocenters. The van der Waals surface area contributed by atoms with Crippen molar-refractivity contribution in [3.8, 4) is 0 Å². The van der Waals surface area contributed by atoms with Crippen LogP contribution in [-0.4, -0.2) is 16.0 Å². The molecule has 1 fully saturated rings. The van der Waals surface area contributed by atoms with E-state index in [4.69, 9.17) is 10.3 Å². The van der Waals surface area contributed by atoms with Crippen molar-refractivity contribution in [2.75, 3.05) is 0 Å². The molecule has 7 heteroatoms. The highest BCUT2D eigenvalue weighted by Crippen LogP contribution is 2.37. The van der Waals surface area contributed by atoms with Crippen molar-refractivity contribution in [1.29, 1.82) is 0 Å². The maximum atomic E-state index is 12.2. The minimum absolute atomic E-state index is 0.125. The molecule has 0 bridgehead atoms. The molecule has 6 nitrogen and oxygen atoms in total. The molecule has 1 amide bonds. The van der Waals surface area contributed by atoms with E-state index in [2.05, 4.69) is 15.5 Å². The van der Waals surface area contributed by atoms with Gasteiger partial charge in [-0.3, -0.25) is 4.79 Å². The number of carbonyl (C=O) groups is 1. The van der Waals surface area contributed by atoms with Crippen LogP contribution in [-0.2, 0) is 5.54 Å². The summed E-state index contributed by atoms with van der Waals surface area (Å²) in [6, 6.07) is 3.32. The van der Waals surface area contributed by atoms with E-state index in [1.165, 1.54) is 11.3 Å². The number of hydrogen-bond acceptors (Lipinski definition) is 6. The molecule has 2 aromatic rings. The maximum Gasteiger partial charge on any atom is 0.262 e. The van der Waals surface area contributed by atoms with E-state index in [-0.39, 0.29) is 17.9 Å². The Kier molecular flexibility index (Phi) is 4.01. The second-order valence-corrected chi connectivity index (χ2v) is 7.09. The van der Waals surface area contributed by atoms with Crippen molar-refractivity contribution < 1.29 is 9.32 Å². The molecule has 3 rings (SSSR count). The van der Waals surface area contributed by atoms with Crippen LogP contribution in [0.1, 0.15) is 60.5 Å². The van der Waals surface area contributed by atoms with Gasteiger partial charge in [-0.05, 0) is 36.6 Å². The first-order valence-electron chi connectivity index (χ1n) is 7.47. The van der Waals surface area contributed by atoms with Gasteiger partial charge in [-0.2, -0.15) is 4.98 Å². The van der Waals surface area contributed by atoms with Crippen molar-refractivity contribution in [1.82, 2.24) is 15.5 Å². The Labute approximate surface area is 133 Å². The molecule has 1 saturated carbocycles. The number of hydrogen-bond donors (Lipinski definition) is 2. The molecule has 1 aliphatic rings. The van der Waals surface area contributed by atoms with E-state index in [1.807, 2.05) is 25.3 Å². The Hall–Kier alpha value is -1.73. The second-order valence-electron chi connectivity index (χ2n) is 6.14. The summed E-state index contributed by atoms with van der Waals surface area (Å²) in [5.74, 6) is 0.975. The molecule has 1 atom stereocenters. The summed E-state index contributed by atoms with van der Waals surface area (Å²) in [5, 5.41) is 8.87. The van der Waals surface area contributed by atoms with Crippen molar-refractivity contribution >= 4 is 17.2 Å². The van der Waals surface area contributed by atoms with Crippen LogP contribution in [0.3, 0.4) is 0 Å². The molecule has 3 N–H and O–H groups in total. The highest BCUT2D eigenvalue weighted by atomic mass is 32.1. The number of aromatic nitrogens is 2. The Morgan fingerprint density at radius 3 is 2.82 bits per heavy atom. The third-order valence-corrected chi connectivity index (χ3v) is 4.97. The second kappa shape index (κ2) is 5.81. The van der Waals surface area contributed by atoms with Gasteiger partial charge < -0.3 is 15.6 Å². The SMILES string of the molecule is CC(C)C(NC(=O)c1cccs1)c1nc(C2(N)CCC2)no1. The lowest BCUT2D eigenvalue weighted by Gasteiger charge is -2.34. The monoisotopic (exact) mass is 320 g/mol. The van der Waals surface area contributed by atoms with Crippen LogP contribution in [0.15, 0.2) is 22.0 Å². The zero-order valence-corrected chi connectivity index (χ0v) is 13.5. The number of nitrogens with zero attached hydrogens (tertiary/aromatic N) is 2. The van der Waals surface area contributed by atoms with E-state index < -0.39 is 5.54 Å². The lowest BCUT2D eigenvalue weighted by Crippen LogP contribution is -2.44. The van der Waals surface area contributed by atoms with Crippen molar-refractivity contribution in [3.05, 3.63) is 34.1 Å². The van der Waals surface area contributed by atoms with Crippen LogP contribution < -0.4 is 11.1 Å². The van der Waals surface area contributed by atoms with Crippen LogP contribution in [0.4, 0.5) is 0 Å². The highest BCUT2D eigenvalue weighted by Gasteiger charge is 2.40. The largest absolute Gasteiger partial charge is 0.339 e. The summed E-state index contributed by atoms with van der Waals surface area (Å²) >= 11 is 1.40. The van der Waals surface area contributed by atoms with Gasteiger partial charge in [0, 0.05) is 0 Å². The van der Waals surface area contributed by atoms with Crippen LogP contribution in [0.2, 0.25) is 0 Å². The topological polar surface area (TPSA) is 94.0 Å². The van der Waals surface area contributed by atoms with Crippen LogP contribution >= 0.6 is 11.3 Å². The van der Waals surface area contributed by atoms with Gasteiger partial charge in [0.1, 0.15) is 6.04 Å². The van der Waals surface area contributed by atoms with E-state index in [0.717, 1.165) is 19.3 Å². The Balaban J connectivity index is 1.78. The molecular weight excluding hydrogens is 300 g/mol. The zero-order valence-electron chi connectivity index (χ0n) is 12.7. The zero-order chi connectivity index (χ0) is 15.7. The number of amides is 1. The van der Waals surface area contributed by atoms with E-state index in [9.17, 15) is 4.79 Å². The minimum Gasteiger partial charge on any atom is -0.339 e. The summed E-state index contributed by atoms with van der Waals surface area (Å²) in [6.07, 6.45) is 2.84. The first kappa shape index (κ1) is 15.2. The van der Waals surface area contributed by atoms with Gasteiger partial charge in [0.15, 0.2) is 5.82 Å². The van der Waals surface area contributed by atoms with Gasteiger partial charge >= 0.3 is 0 Å². The third kappa shape index (κ3) is 2.78. The normalized spacial score (nSPS) is 18.0. The average Bonchev–Trinajstić information content (AvgIpc) is 3.12. The summed E-state index contributed by atoms with van der Waals surface area (Å²) in [5.41, 5.74) is 5.76. The lowest BCUT2D eigenvalue weighted by molar-refractivity contribution is 0.0918. The predicted molar refractivity (Wildman–Crippen MR) is 83.4 cm³/mol. The first-order chi connectivity index (χ1) is 10.5. The number of rotatable bonds is 5. The van der Waals surface area contributed by atoms with E-state index in [0.29, 0.717) is 16.6 Å².